The largest absolute Gasteiger partial charge is 0.373 e. The SMILES string of the molecule is CN(CCC(C)(C)N)c1ccc(Cl)cc1Cl. The van der Waals surface area contributed by atoms with Gasteiger partial charge in [-0.2, -0.15) is 0 Å². The lowest BCUT2D eigenvalue weighted by Crippen LogP contribution is -2.36. The average Bonchev–Trinajstić information content (AvgIpc) is 2.13. The highest BCUT2D eigenvalue weighted by Crippen LogP contribution is 2.28. The Labute approximate surface area is 107 Å². The molecule has 1 aromatic rings. The smallest absolute Gasteiger partial charge is 0.0654 e. The fourth-order valence-corrected chi connectivity index (χ4v) is 1.92. The zero-order valence-corrected chi connectivity index (χ0v) is 11.4. The van der Waals surface area contributed by atoms with E-state index in [-0.39, 0.29) is 5.54 Å². The first-order chi connectivity index (χ1) is 7.29. The van der Waals surface area contributed by atoms with Gasteiger partial charge in [0.25, 0.3) is 0 Å². The van der Waals surface area contributed by atoms with Crippen molar-refractivity contribution >= 4 is 28.9 Å². The highest BCUT2D eigenvalue weighted by Gasteiger charge is 2.13. The van der Waals surface area contributed by atoms with Gasteiger partial charge in [-0.1, -0.05) is 23.2 Å². The number of benzene rings is 1. The van der Waals surface area contributed by atoms with E-state index in [4.69, 9.17) is 28.9 Å². The van der Waals surface area contributed by atoms with Crippen LogP contribution in [0.5, 0.6) is 0 Å². The molecule has 1 rings (SSSR count). The third-order valence-electron chi connectivity index (χ3n) is 2.41. The van der Waals surface area contributed by atoms with Crippen molar-refractivity contribution in [2.24, 2.45) is 5.73 Å². The maximum atomic E-state index is 6.12. The van der Waals surface area contributed by atoms with Gasteiger partial charge in [0.15, 0.2) is 0 Å². The number of anilines is 1. The molecule has 90 valence electrons. The molecule has 0 saturated heterocycles. The standard InChI is InChI=1S/C12H18Cl2N2/c1-12(2,15)6-7-16(3)11-5-4-9(13)8-10(11)14/h4-5,8H,6-7,15H2,1-3H3. The molecule has 0 heterocycles. The van der Waals surface area contributed by atoms with Crippen LogP contribution in [0.25, 0.3) is 0 Å². The van der Waals surface area contributed by atoms with Crippen LogP contribution in [-0.4, -0.2) is 19.1 Å². The van der Waals surface area contributed by atoms with Crippen LogP contribution < -0.4 is 10.6 Å². The maximum absolute atomic E-state index is 6.12. The third kappa shape index (κ3) is 4.20. The van der Waals surface area contributed by atoms with E-state index >= 15 is 0 Å². The Bertz CT molecular complexity index is 359. The molecule has 0 atom stereocenters. The van der Waals surface area contributed by atoms with E-state index in [9.17, 15) is 0 Å². The van der Waals surface area contributed by atoms with Crippen molar-refractivity contribution in [2.75, 3.05) is 18.5 Å². The van der Waals surface area contributed by atoms with Crippen molar-refractivity contribution in [1.29, 1.82) is 0 Å². The summed E-state index contributed by atoms with van der Waals surface area (Å²) in [5.41, 5.74) is 6.77. The fraction of sp³-hybridized carbons (Fsp3) is 0.500. The van der Waals surface area contributed by atoms with E-state index in [0.717, 1.165) is 18.7 Å². The first-order valence-corrected chi connectivity index (χ1v) is 6.00. The number of rotatable bonds is 4. The highest BCUT2D eigenvalue weighted by atomic mass is 35.5. The van der Waals surface area contributed by atoms with Crippen LogP contribution in [0.3, 0.4) is 0 Å². The summed E-state index contributed by atoms with van der Waals surface area (Å²) in [5, 5.41) is 1.33. The van der Waals surface area contributed by atoms with E-state index in [1.807, 2.05) is 33.0 Å². The monoisotopic (exact) mass is 260 g/mol. The van der Waals surface area contributed by atoms with Gasteiger partial charge in [-0.25, -0.2) is 0 Å². The first-order valence-electron chi connectivity index (χ1n) is 5.25. The molecule has 0 saturated carbocycles. The maximum Gasteiger partial charge on any atom is 0.0654 e. The van der Waals surface area contributed by atoms with Crippen molar-refractivity contribution in [3.05, 3.63) is 28.2 Å². The normalized spacial score (nSPS) is 11.6. The lowest BCUT2D eigenvalue weighted by Gasteiger charge is -2.25. The van der Waals surface area contributed by atoms with Crippen LogP contribution >= 0.6 is 23.2 Å². The van der Waals surface area contributed by atoms with Gasteiger partial charge in [-0.05, 0) is 38.5 Å². The molecular formula is C12H18Cl2N2. The van der Waals surface area contributed by atoms with Crippen LogP contribution in [0.4, 0.5) is 5.69 Å². The van der Waals surface area contributed by atoms with Crippen molar-refractivity contribution < 1.29 is 0 Å². The number of halogens is 2. The molecule has 0 spiro atoms. The van der Waals surface area contributed by atoms with Crippen molar-refractivity contribution in [1.82, 2.24) is 0 Å². The lowest BCUT2D eigenvalue weighted by molar-refractivity contribution is 0.479. The second-order valence-corrected chi connectivity index (χ2v) is 5.60. The summed E-state index contributed by atoms with van der Waals surface area (Å²) in [6, 6.07) is 5.52. The molecule has 0 radical (unpaired) electrons. The van der Waals surface area contributed by atoms with E-state index in [0.29, 0.717) is 10.0 Å². The summed E-state index contributed by atoms with van der Waals surface area (Å²) in [7, 11) is 2.00. The van der Waals surface area contributed by atoms with Crippen LogP contribution in [0, 0.1) is 0 Å². The van der Waals surface area contributed by atoms with Gasteiger partial charge in [-0.15, -0.1) is 0 Å². The average molecular weight is 261 g/mol. The summed E-state index contributed by atoms with van der Waals surface area (Å²) in [6.07, 6.45) is 0.905. The summed E-state index contributed by atoms with van der Waals surface area (Å²) in [4.78, 5) is 2.09. The molecular weight excluding hydrogens is 243 g/mol. The summed E-state index contributed by atoms with van der Waals surface area (Å²) >= 11 is 12.0. The lowest BCUT2D eigenvalue weighted by atomic mass is 10.0. The zero-order valence-electron chi connectivity index (χ0n) is 9.93. The molecule has 4 heteroatoms. The second kappa shape index (κ2) is 5.26. The predicted molar refractivity (Wildman–Crippen MR) is 72.6 cm³/mol. The topological polar surface area (TPSA) is 29.3 Å². The van der Waals surface area contributed by atoms with E-state index in [1.165, 1.54) is 0 Å². The van der Waals surface area contributed by atoms with Gasteiger partial charge >= 0.3 is 0 Å². The molecule has 0 aliphatic heterocycles. The molecule has 0 fully saturated rings. The Kier molecular flexibility index (Phi) is 4.48. The van der Waals surface area contributed by atoms with Gasteiger partial charge < -0.3 is 10.6 Å². The van der Waals surface area contributed by atoms with E-state index in [2.05, 4.69) is 4.90 Å². The minimum Gasteiger partial charge on any atom is -0.373 e. The van der Waals surface area contributed by atoms with Crippen molar-refractivity contribution in [3.63, 3.8) is 0 Å². The van der Waals surface area contributed by atoms with Gasteiger partial charge in [0.1, 0.15) is 0 Å². The van der Waals surface area contributed by atoms with Crippen LogP contribution in [-0.2, 0) is 0 Å². The number of nitrogens with zero attached hydrogens (tertiary/aromatic N) is 1. The Morgan fingerprint density at radius 3 is 2.44 bits per heavy atom. The van der Waals surface area contributed by atoms with Crippen LogP contribution in [0.1, 0.15) is 20.3 Å². The first kappa shape index (κ1) is 13.6. The van der Waals surface area contributed by atoms with E-state index in [1.54, 1.807) is 6.07 Å². The van der Waals surface area contributed by atoms with Crippen molar-refractivity contribution in [3.8, 4) is 0 Å². The molecule has 0 aromatic heterocycles. The number of hydrogen-bond donors (Lipinski definition) is 1. The Hall–Kier alpha value is -0.440. The van der Waals surface area contributed by atoms with Gasteiger partial charge in [0.2, 0.25) is 0 Å². The summed E-state index contributed by atoms with van der Waals surface area (Å²) in [6.45, 7) is 4.90. The molecule has 0 amide bonds. The summed E-state index contributed by atoms with van der Waals surface area (Å²) in [5.74, 6) is 0. The number of hydrogen-bond acceptors (Lipinski definition) is 2. The predicted octanol–water partition coefficient (Wildman–Crippen LogP) is 3.56. The van der Waals surface area contributed by atoms with Gasteiger partial charge in [0, 0.05) is 24.2 Å². The third-order valence-corrected chi connectivity index (χ3v) is 2.95. The van der Waals surface area contributed by atoms with Gasteiger partial charge in [0.05, 0.1) is 10.7 Å². The molecule has 2 N–H and O–H groups in total. The Morgan fingerprint density at radius 1 is 1.31 bits per heavy atom. The molecule has 0 unspecified atom stereocenters. The zero-order chi connectivity index (χ0) is 12.3. The van der Waals surface area contributed by atoms with Crippen molar-refractivity contribution in [2.45, 2.75) is 25.8 Å². The minimum absolute atomic E-state index is 0.160. The molecule has 16 heavy (non-hydrogen) atoms. The van der Waals surface area contributed by atoms with Crippen LogP contribution in [0.15, 0.2) is 18.2 Å². The molecule has 1 aromatic carbocycles. The Balaban J connectivity index is 2.70. The molecule has 0 aliphatic carbocycles. The molecule has 0 bridgehead atoms. The van der Waals surface area contributed by atoms with Crippen LogP contribution in [0.2, 0.25) is 10.0 Å². The highest BCUT2D eigenvalue weighted by molar-refractivity contribution is 6.36. The molecule has 0 aliphatic rings. The quantitative estimate of drug-likeness (QED) is 0.897. The summed E-state index contributed by atoms with van der Waals surface area (Å²) < 4.78 is 0. The van der Waals surface area contributed by atoms with E-state index < -0.39 is 0 Å². The molecule has 2 nitrogen and oxygen atoms in total. The number of nitrogens with two attached hydrogens (primary N) is 1. The fourth-order valence-electron chi connectivity index (χ4n) is 1.37. The Morgan fingerprint density at radius 2 is 1.94 bits per heavy atom. The minimum atomic E-state index is -0.160. The van der Waals surface area contributed by atoms with Gasteiger partial charge in [-0.3, -0.25) is 0 Å². The second-order valence-electron chi connectivity index (χ2n) is 4.76.